The average Bonchev–Trinajstić information content (AvgIpc) is 2.71. The largest absolute Gasteiger partial charge is 0.444 e. The maximum Gasteiger partial charge on any atom is 0.408 e. The SMILES string of the molecule is C=Cc1cccc(C(C(=O)NC2CCCCC2)N(C)C(=O)CNC(=O)OC(C)(C)C)c1. The number of likely N-dealkylation sites (N-methyl/N-ethyl adjacent to an activating group) is 1. The highest BCUT2D eigenvalue weighted by atomic mass is 16.6. The third-order valence-electron chi connectivity index (χ3n) is 5.23. The van der Waals surface area contributed by atoms with Gasteiger partial charge in [-0.15, -0.1) is 0 Å². The molecule has 2 rings (SSSR count). The van der Waals surface area contributed by atoms with Crippen molar-refractivity contribution in [3.05, 3.63) is 42.0 Å². The van der Waals surface area contributed by atoms with Gasteiger partial charge in [0.2, 0.25) is 11.8 Å². The van der Waals surface area contributed by atoms with Crippen LogP contribution < -0.4 is 10.6 Å². The van der Waals surface area contributed by atoms with E-state index in [0.717, 1.165) is 31.2 Å². The first-order chi connectivity index (χ1) is 14.6. The van der Waals surface area contributed by atoms with Crippen molar-refractivity contribution in [1.29, 1.82) is 0 Å². The molecule has 1 unspecified atom stereocenters. The Bertz CT molecular complexity index is 794. The molecule has 1 aromatic carbocycles. The molecule has 7 heteroatoms. The zero-order valence-electron chi connectivity index (χ0n) is 19.1. The summed E-state index contributed by atoms with van der Waals surface area (Å²) in [7, 11) is 1.57. The van der Waals surface area contributed by atoms with E-state index < -0.39 is 23.6 Å². The van der Waals surface area contributed by atoms with Crippen molar-refractivity contribution in [1.82, 2.24) is 15.5 Å². The smallest absolute Gasteiger partial charge is 0.408 e. The van der Waals surface area contributed by atoms with Crippen molar-refractivity contribution in [2.45, 2.75) is 70.6 Å². The quantitative estimate of drug-likeness (QED) is 0.690. The van der Waals surface area contributed by atoms with E-state index >= 15 is 0 Å². The molecular formula is C24H35N3O4. The highest BCUT2D eigenvalue weighted by Gasteiger charge is 2.31. The molecule has 0 radical (unpaired) electrons. The molecule has 7 nitrogen and oxygen atoms in total. The molecule has 1 aliphatic rings. The first-order valence-corrected chi connectivity index (χ1v) is 10.9. The maximum absolute atomic E-state index is 13.2. The van der Waals surface area contributed by atoms with Crippen molar-refractivity contribution in [3.8, 4) is 0 Å². The summed E-state index contributed by atoms with van der Waals surface area (Å²) in [6.45, 7) is 8.77. The van der Waals surface area contributed by atoms with Gasteiger partial charge in [0.1, 0.15) is 18.2 Å². The average molecular weight is 430 g/mol. The van der Waals surface area contributed by atoms with Crippen molar-refractivity contribution >= 4 is 24.0 Å². The first kappa shape index (κ1) is 24.4. The van der Waals surface area contributed by atoms with Gasteiger partial charge in [0.15, 0.2) is 0 Å². The Labute approximate surface area is 185 Å². The standard InChI is InChI=1S/C24H35N3O4/c1-6-17-11-10-12-18(15-17)21(22(29)26-19-13-8-7-9-14-19)27(5)20(28)16-25-23(30)31-24(2,3)4/h6,10-12,15,19,21H,1,7-9,13-14,16H2,2-5H3,(H,25,30)(H,26,29). The number of benzene rings is 1. The highest BCUT2D eigenvalue weighted by molar-refractivity contribution is 5.90. The minimum Gasteiger partial charge on any atom is -0.444 e. The zero-order valence-corrected chi connectivity index (χ0v) is 19.1. The minimum absolute atomic E-state index is 0.120. The van der Waals surface area contributed by atoms with E-state index in [1.807, 2.05) is 24.3 Å². The van der Waals surface area contributed by atoms with Crippen LogP contribution in [0.2, 0.25) is 0 Å². The molecule has 3 amide bonds. The van der Waals surface area contributed by atoms with Crippen molar-refractivity contribution in [3.63, 3.8) is 0 Å². The molecule has 0 saturated heterocycles. The number of hydrogen-bond acceptors (Lipinski definition) is 4. The Morgan fingerprint density at radius 2 is 1.90 bits per heavy atom. The van der Waals surface area contributed by atoms with E-state index in [1.165, 1.54) is 11.3 Å². The highest BCUT2D eigenvalue weighted by Crippen LogP contribution is 2.24. The van der Waals surface area contributed by atoms with Gasteiger partial charge >= 0.3 is 6.09 Å². The fourth-order valence-corrected chi connectivity index (χ4v) is 3.66. The molecule has 0 aliphatic heterocycles. The Kier molecular flexibility index (Phi) is 8.65. The topological polar surface area (TPSA) is 87.7 Å². The molecule has 31 heavy (non-hydrogen) atoms. The van der Waals surface area contributed by atoms with Crippen LogP contribution in [0.15, 0.2) is 30.8 Å². The van der Waals surface area contributed by atoms with Crippen molar-refractivity contribution in [2.24, 2.45) is 0 Å². The molecule has 0 aromatic heterocycles. The molecule has 1 saturated carbocycles. The van der Waals surface area contributed by atoms with Crippen LogP contribution in [0, 0.1) is 0 Å². The maximum atomic E-state index is 13.2. The monoisotopic (exact) mass is 429 g/mol. The summed E-state index contributed by atoms with van der Waals surface area (Å²) in [4.78, 5) is 39.4. The lowest BCUT2D eigenvalue weighted by molar-refractivity contribution is -0.139. The fraction of sp³-hybridized carbons (Fsp3) is 0.542. The number of amides is 3. The van der Waals surface area contributed by atoms with Crippen LogP contribution in [-0.4, -0.2) is 48.0 Å². The number of hydrogen-bond donors (Lipinski definition) is 2. The molecule has 2 N–H and O–H groups in total. The molecule has 1 atom stereocenters. The van der Waals surface area contributed by atoms with Crippen LogP contribution in [0.1, 0.15) is 70.0 Å². The number of alkyl carbamates (subject to hydrolysis) is 1. The van der Waals surface area contributed by atoms with Gasteiger partial charge < -0.3 is 20.3 Å². The number of rotatable bonds is 7. The summed E-state index contributed by atoms with van der Waals surface area (Å²) in [5, 5.41) is 5.58. The fourth-order valence-electron chi connectivity index (χ4n) is 3.66. The van der Waals surface area contributed by atoms with E-state index in [2.05, 4.69) is 17.2 Å². The normalized spacial score (nSPS) is 15.5. The summed E-state index contributed by atoms with van der Waals surface area (Å²) < 4.78 is 5.18. The van der Waals surface area contributed by atoms with Crippen LogP contribution in [-0.2, 0) is 14.3 Å². The Balaban J connectivity index is 2.15. The van der Waals surface area contributed by atoms with Crippen LogP contribution >= 0.6 is 0 Å². The van der Waals surface area contributed by atoms with E-state index in [-0.39, 0.29) is 18.5 Å². The molecule has 1 aliphatic carbocycles. The third kappa shape index (κ3) is 7.74. The Morgan fingerprint density at radius 3 is 2.52 bits per heavy atom. The van der Waals surface area contributed by atoms with Crippen LogP contribution in [0.3, 0.4) is 0 Å². The summed E-state index contributed by atoms with van der Waals surface area (Å²) in [6.07, 6.45) is 6.29. The van der Waals surface area contributed by atoms with Crippen LogP contribution in [0.5, 0.6) is 0 Å². The summed E-state index contributed by atoms with van der Waals surface area (Å²) in [5.41, 5.74) is 0.895. The van der Waals surface area contributed by atoms with E-state index in [1.54, 1.807) is 33.9 Å². The van der Waals surface area contributed by atoms with Gasteiger partial charge in [-0.1, -0.05) is 50.1 Å². The zero-order chi connectivity index (χ0) is 23.0. The lowest BCUT2D eigenvalue weighted by Crippen LogP contribution is -2.48. The molecule has 0 bridgehead atoms. The van der Waals surface area contributed by atoms with Gasteiger partial charge in [-0.05, 0) is 50.8 Å². The molecule has 1 aromatic rings. The third-order valence-corrected chi connectivity index (χ3v) is 5.23. The lowest BCUT2D eigenvalue weighted by atomic mass is 9.94. The van der Waals surface area contributed by atoms with E-state index in [0.29, 0.717) is 5.56 Å². The Hall–Kier alpha value is -2.83. The van der Waals surface area contributed by atoms with Crippen molar-refractivity contribution < 1.29 is 19.1 Å². The molecule has 0 spiro atoms. The second kappa shape index (κ2) is 11.0. The van der Waals surface area contributed by atoms with Gasteiger partial charge in [0.25, 0.3) is 0 Å². The predicted octanol–water partition coefficient (Wildman–Crippen LogP) is 3.80. The minimum atomic E-state index is -0.810. The van der Waals surface area contributed by atoms with Gasteiger partial charge in [-0.25, -0.2) is 4.79 Å². The second-order valence-corrected chi connectivity index (χ2v) is 8.98. The summed E-state index contributed by atoms with van der Waals surface area (Å²) >= 11 is 0. The van der Waals surface area contributed by atoms with Gasteiger partial charge in [-0.3, -0.25) is 9.59 Å². The van der Waals surface area contributed by atoms with E-state index in [9.17, 15) is 14.4 Å². The molecule has 0 heterocycles. The van der Waals surface area contributed by atoms with Crippen LogP contribution in [0.4, 0.5) is 4.79 Å². The first-order valence-electron chi connectivity index (χ1n) is 10.9. The molecule has 1 fully saturated rings. The molecular weight excluding hydrogens is 394 g/mol. The Morgan fingerprint density at radius 1 is 1.23 bits per heavy atom. The number of ether oxygens (including phenoxy) is 1. The summed E-state index contributed by atoms with van der Waals surface area (Å²) in [5.74, 6) is -0.611. The lowest BCUT2D eigenvalue weighted by Gasteiger charge is -2.31. The summed E-state index contributed by atoms with van der Waals surface area (Å²) in [6, 6.07) is 6.71. The van der Waals surface area contributed by atoms with Crippen LogP contribution in [0.25, 0.3) is 6.08 Å². The number of nitrogens with zero attached hydrogens (tertiary/aromatic N) is 1. The van der Waals surface area contributed by atoms with Gasteiger partial charge in [0.05, 0.1) is 0 Å². The van der Waals surface area contributed by atoms with Gasteiger partial charge in [-0.2, -0.15) is 0 Å². The second-order valence-electron chi connectivity index (χ2n) is 8.98. The predicted molar refractivity (Wildman–Crippen MR) is 121 cm³/mol. The number of carbonyl (C=O) groups excluding carboxylic acids is 3. The van der Waals surface area contributed by atoms with E-state index in [4.69, 9.17) is 4.74 Å². The number of nitrogens with one attached hydrogen (secondary N) is 2. The van der Waals surface area contributed by atoms with Crippen molar-refractivity contribution in [2.75, 3.05) is 13.6 Å². The molecule has 170 valence electrons. The number of carbonyl (C=O) groups is 3. The van der Waals surface area contributed by atoms with Gasteiger partial charge in [0, 0.05) is 13.1 Å².